The van der Waals surface area contributed by atoms with Gasteiger partial charge in [0, 0.05) is 24.2 Å². The molecule has 0 saturated heterocycles. The number of hydrogen-bond acceptors (Lipinski definition) is 4. The summed E-state index contributed by atoms with van der Waals surface area (Å²) in [4.78, 5) is 25.8. The van der Waals surface area contributed by atoms with E-state index in [1.807, 2.05) is 42.5 Å². The molecule has 2 aromatic carbocycles. The number of benzene rings is 2. The summed E-state index contributed by atoms with van der Waals surface area (Å²) in [6.07, 6.45) is 11.8. The third-order valence-electron chi connectivity index (χ3n) is 6.29. The van der Waals surface area contributed by atoms with E-state index in [0.717, 1.165) is 62.3 Å². The molecule has 0 aliphatic rings. The van der Waals surface area contributed by atoms with E-state index in [2.05, 4.69) is 19.2 Å². The van der Waals surface area contributed by atoms with Gasteiger partial charge in [0.05, 0.1) is 18.7 Å². The summed E-state index contributed by atoms with van der Waals surface area (Å²) < 4.78 is 13.8. The lowest BCUT2D eigenvalue weighted by atomic mass is 10.1. The quantitative estimate of drug-likeness (QED) is 0.177. The van der Waals surface area contributed by atoms with E-state index >= 15 is 0 Å². The standard InChI is InChI=1S/C31H40N2O4/c1-4-6-8-13-21-36-29-26-19-18-25(32-28(34)20-17-24-15-11-10-12-16-24)23-27(26)33(3)31(35)30(29)37-22-14-9-7-5-2/h10-12,15-20,23H,4-9,13-14,21-22H2,1-3H3,(H,32,34)/b20-17+. The van der Waals surface area contributed by atoms with Crippen LogP contribution in [0, 0.1) is 0 Å². The van der Waals surface area contributed by atoms with Crippen molar-refractivity contribution in [1.29, 1.82) is 0 Å². The number of amides is 1. The second kappa shape index (κ2) is 14.9. The Morgan fingerprint density at radius 1 is 0.865 bits per heavy atom. The first-order valence-electron chi connectivity index (χ1n) is 13.5. The first kappa shape index (κ1) is 28.0. The Bertz CT molecular complexity index is 1230. The van der Waals surface area contributed by atoms with E-state index in [9.17, 15) is 9.59 Å². The number of nitrogens with one attached hydrogen (secondary N) is 1. The van der Waals surface area contributed by atoms with E-state index in [1.165, 1.54) is 6.08 Å². The van der Waals surface area contributed by atoms with Gasteiger partial charge in [0.15, 0.2) is 5.75 Å². The minimum absolute atomic E-state index is 0.237. The zero-order chi connectivity index (χ0) is 26.5. The van der Waals surface area contributed by atoms with Crippen LogP contribution in [0.4, 0.5) is 5.69 Å². The van der Waals surface area contributed by atoms with Crippen molar-refractivity contribution < 1.29 is 14.3 Å². The number of aryl methyl sites for hydroxylation is 1. The zero-order valence-electron chi connectivity index (χ0n) is 22.4. The molecular formula is C31H40N2O4. The molecule has 37 heavy (non-hydrogen) atoms. The first-order valence-corrected chi connectivity index (χ1v) is 13.5. The van der Waals surface area contributed by atoms with Crippen LogP contribution in [0.15, 0.2) is 59.4 Å². The van der Waals surface area contributed by atoms with E-state index in [0.29, 0.717) is 30.2 Å². The van der Waals surface area contributed by atoms with Gasteiger partial charge in [-0.15, -0.1) is 0 Å². The van der Waals surface area contributed by atoms with Crippen LogP contribution in [-0.4, -0.2) is 23.7 Å². The highest BCUT2D eigenvalue weighted by molar-refractivity contribution is 6.03. The maximum atomic E-state index is 13.3. The molecule has 6 heteroatoms. The second-order valence-corrected chi connectivity index (χ2v) is 9.31. The minimum atomic E-state index is -0.243. The van der Waals surface area contributed by atoms with Crippen molar-refractivity contribution in [2.75, 3.05) is 18.5 Å². The van der Waals surface area contributed by atoms with Gasteiger partial charge in [-0.3, -0.25) is 9.59 Å². The van der Waals surface area contributed by atoms with E-state index in [4.69, 9.17) is 9.47 Å². The number of unbranched alkanes of at least 4 members (excludes halogenated alkanes) is 6. The topological polar surface area (TPSA) is 69.6 Å². The number of ether oxygens (including phenoxy) is 2. The van der Waals surface area contributed by atoms with Gasteiger partial charge >= 0.3 is 0 Å². The number of carbonyl (C=O) groups is 1. The molecule has 0 aliphatic carbocycles. The highest BCUT2D eigenvalue weighted by atomic mass is 16.5. The third kappa shape index (κ3) is 8.24. The average Bonchev–Trinajstić information content (AvgIpc) is 2.91. The number of carbonyl (C=O) groups excluding carboxylic acids is 1. The number of anilines is 1. The van der Waals surface area contributed by atoms with Crippen molar-refractivity contribution in [3.63, 3.8) is 0 Å². The smallest absolute Gasteiger partial charge is 0.297 e. The van der Waals surface area contributed by atoms with Crippen molar-refractivity contribution in [1.82, 2.24) is 4.57 Å². The lowest BCUT2D eigenvalue weighted by Crippen LogP contribution is -2.22. The number of nitrogens with zero attached hydrogens (tertiary/aromatic N) is 1. The van der Waals surface area contributed by atoms with Gasteiger partial charge in [-0.2, -0.15) is 0 Å². The molecule has 0 radical (unpaired) electrons. The normalized spacial score (nSPS) is 11.2. The van der Waals surface area contributed by atoms with Crippen LogP contribution in [0.2, 0.25) is 0 Å². The Morgan fingerprint density at radius 2 is 1.51 bits per heavy atom. The van der Waals surface area contributed by atoms with Crippen molar-refractivity contribution in [3.8, 4) is 11.5 Å². The number of aromatic nitrogens is 1. The fourth-order valence-corrected chi connectivity index (χ4v) is 4.16. The predicted octanol–water partition coefficient (Wildman–Crippen LogP) is 7.11. The molecule has 0 unspecified atom stereocenters. The number of fused-ring (bicyclic) bond motifs is 1. The Labute approximate surface area is 220 Å². The molecule has 1 amide bonds. The molecule has 0 fully saturated rings. The molecule has 6 nitrogen and oxygen atoms in total. The molecule has 1 heterocycles. The van der Waals surface area contributed by atoms with Gasteiger partial charge < -0.3 is 19.4 Å². The van der Waals surface area contributed by atoms with Crippen molar-refractivity contribution in [2.24, 2.45) is 7.05 Å². The lowest BCUT2D eigenvalue weighted by Gasteiger charge is -2.18. The van der Waals surface area contributed by atoms with E-state index < -0.39 is 0 Å². The maximum absolute atomic E-state index is 13.3. The molecule has 0 atom stereocenters. The van der Waals surface area contributed by atoms with Gasteiger partial charge in [0.25, 0.3) is 5.56 Å². The summed E-state index contributed by atoms with van der Waals surface area (Å²) in [6.45, 7) is 5.35. The first-order chi connectivity index (χ1) is 18.0. The van der Waals surface area contributed by atoms with Gasteiger partial charge in [0.2, 0.25) is 11.7 Å². The van der Waals surface area contributed by atoms with Crippen molar-refractivity contribution >= 4 is 28.6 Å². The van der Waals surface area contributed by atoms with Crippen LogP contribution >= 0.6 is 0 Å². The molecule has 3 rings (SSSR count). The highest BCUT2D eigenvalue weighted by Gasteiger charge is 2.19. The fourth-order valence-electron chi connectivity index (χ4n) is 4.16. The molecule has 0 spiro atoms. The van der Waals surface area contributed by atoms with Crippen LogP contribution < -0.4 is 20.3 Å². The van der Waals surface area contributed by atoms with Crippen LogP contribution in [0.25, 0.3) is 17.0 Å². The maximum Gasteiger partial charge on any atom is 0.297 e. The van der Waals surface area contributed by atoms with E-state index in [-0.39, 0.29) is 17.2 Å². The predicted molar refractivity (Wildman–Crippen MR) is 153 cm³/mol. The SMILES string of the molecule is CCCCCCOc1c(OCCCCCC)c2ccc(NC(=O)/C=C/c3ccccc3)cc2n(C)c1=O. The largest absolute Gasteiger partial charge is 0.489 e. The highest BCUT2D eigenvalue weighted by Crippen LogP contribution is 2.34. The summed E-state index contributed by atoms with van der Waals surface area (Å²) in [5.41, 5.74) is 1.99. The summed E-state index contributed by atoms with van der Waals surface area (Å²) in [6, 6.07) is 15.2. The Kier molecular flexibility index (Phi) is 11.3. The molecule has 1 aromatic heterocycles. The minimum Gasteiger partial charge on any atom is -0.489 e. The fraction of sp³-hybridized carbons (Fsp3) is 0.419. The third-order valence-corrected chi connectivity index (χ3v) is 6.29. The molecule has 0 saturated carbocycles. The van der Waals surface area contributed by atoms with Crippen LogP contribution in [0.5, 0.6) is 11.5 Å². The summed E-state index contributed by atoms with van der Waals surface area (Å²) in [5, 5.41) is 3.68. The zero-order valence-corrected chi connectivity index (χ0v) is 22.4. The summed E-state index contributed by atoms with van der Waals surface area (Å²) >= 11 is 0. The van der Waals surface area contributed by atoms with E-state index in [1.54, 1.807) is 23.8 Å². The molecule has 3 aromatic rings. The monoisotopic (exact) mass is 504 g/mol. The number of hydrogen-bond donors (Lipinski definition) is 1. The van der Waals surface area contributed by atoms with Gasteiger partial charge in [-0.1, -0.05) is 82.7 Å². The summed E-state index contributed by atoms with van der Waals surface area (Å²) in [7, 11) is 1.72. The molecule has 198 valence electrons. The summed E-state index contributed by atoms with van der Waals surface area (Å²) in [5.74, 6) is 0.518. The van der Waals surface area contributed by atoms with Gasteiger partial charge in [-0.05, 0) is 42.7 Å². The lowest BCUT2D eigenvalue weighted by molar-refractivity contribution is -0.111. The van der Waals surface area contributed by atoms with Crippen LogP contribution in [0.1, 0.15) is 70.8 Å². The molecule has 0 bridgehead atoms. The molecular weight excluding hydrogens is 464 g/mol. The van der Waals surface area contributed by atoms with Gasteiger partial charge in [-0.25, -0.2) is 0 Å². The Balaban J connectivity index is 1.85. The number of rotatable bonds is 15. The molecule has 1 N–H and O–H groups in total. The Morgan fingerprint density at radius 3 is 2.16 bits per heavy atom. The van der Waals surface area contributed by atoms with Crippen LogP contribution in [0.3, 0.4) is 0 Å². The molecule has 0 aliphatic heterocycles. The van der Waals surface area contributed by atoms with Crippen molar-refractivity contribution in [2.45, 2.75) is 65.2 Å². The van der Waals surface area contributed by atoms with Crippen molar-refractivity contribution in [3.05, 3.63) is 70.5 Å². The average molecular weight is 505 g/mol. The van der Waals surface area contributed by atoms with Crippen LogP contribution in [-0.2, 0) is 11.8 Å². The second-order valence-electron chi connectivity index (χ2n) is 9.31. The Hall–Kier alpha value is -3.54. The number of pyridine rings is 1. The van der Waals surface area contributed by atoms with Gasteiger partial charge in [0.1, 0.15) is 0 Å².